The molecule has 1 fully saturated rings. The van der Waals surface area contributed by atoms with Gasteiger partial charge in [-0.15, -0.1) is 11.3 Å². The molecule has 2 aromatic carbocycles. The van der Waals surface area contributed by atoms with Crippen LogP contribution in [0.5, 0.6) is 5.75 Å². The zero-order chi connectivity index (χ0) is 22.3. The molecule has 5 rings (SSSR count). The minimum absolute atomic E-state index is 0.107. The number of amides is 1. The summed E-state index contributed by atoms with van der Waals surface area (Å²) in [5, 5.41) is 13.6. The van der Waals surface area contributed by atoms with Crippen molar-refractivity contribution in [3.8, 4) is 22.3 Å². The first kappa shape index (κ1) is 20.2. The summed E-state index contributed by atoms with van der Waals surface area (Å²) in [5.41, 5.74) is 4.05. The topological polar surface area (TPSA) is 75.0 Å². The molecule has 1 aliphatic rings. The number of aromatic nitrogens is 1. The van der Waals surface area contributed by atoms with Gasteiger partial charge in [0.2, 0.25) is 0 Å². The lowest BCUT2D eigenvalue weighted by Crippen LogP contribution is -2.35. The van der Waals surface area contributed by atoms with E-state index in [0.29, 0.717) is 16.2 Å². The van der Waals surface area contributed by atoms with E-state index in [2.05, 4.69) is 34.6 Å². The predicted octanol–water partition coefficient (Wildman–Crippen LogP) is 5.57. The van der Waals surface area contributed by atoms with Crippen LogP contribution in [0.3, 0.4) is 0 Å². The quantitative estimate of drug-likeness (QED) is 0.441. The third kappa shape index (κ3) is 3.51. The second kappa shape index (κ2) is 7.77. The lowest BCUT2D eigenvalue weighted by atomic mass is 9.95. The van der Waals surface area contributed by atoms with Crippen LogP contribution in [0.15, 0.2) is 60.8 Å². The fourth-order valence-corrected chi connectivity index (χ4v) is 4.91. The fraction of sp³-hybridized carbons (Fsp3) is 0.192. The summed E-state index contributed by atoms with van der Waals surface area (Å²) in [7, 11) is 1.60. The van der Waals surface area contributed by atoms with Crippen LogP contribution >= 0.6 is 11.3 Å². The van der Waals surface area contributed by atoms with Gasteiger partial charge in [-0.1, -0.05) is 12.1 Å². The van der Waals surface area contributed by atoms with Crippen LogP contribution in [0.2, 0.25) is 0 Å². The number of carbonyl (C=O) groups is 1. The minimum atomic E-state index is -0.431. The molecule has 2 aromatic heterocycles. The number of nitriles is 1. The van der Waals surface area contributed by atoms with Crippen molar-refractivity contribution < 1.29 is 9.53 Å². The Bertz CT molecular complexity index is 1400. The first-order valence-electron chi connectivity index (χ1n) is 10.4. The third-order valence-electron chi connectivity index (χ3n) is 6.03. The smallest absolute Gasteiger partial charge is 0.252 e. The van der Waals surface area contributed by atoms with Crippen molar-refractivity contribution in [2.45, 2.75) is 25.3 Å². The Kier molecular flexibility index (Phi) is 4.91. The number of pyridine rings is 1. The van der Waals surface area contributed by atoms with Gasteiger partial charge in [0.1, 0.15) is 16.7 Å². The van der Waals surface area contributed by atoms with E-state index >= 15 is 0 Å². The number of nitrogens with one attached hydrogen (secondary N) is 1. The van der Waals surface area contributed by atoms with E-state index in [1.165, 1.54) is 11.3 Å². The van der Waals surface area contributed by atoms with Gasteiger partial charge in [-0.2, -0.15) is 5.26 Å². The number of hydrogen-bond donors (Lipinski definition) is 1. The van der Waals surface area contributed by atoms with Crippen molar-refractivity contribution in [2.24, 2.45) is 0 Å². The largest absolute Gasteiger partial charge is 0.497 e. The van der Waals surface area contributed by atoms with Crippen LogP contribution in [-0.2, 0) is 5.54 Å². The lowest BCUT2D eigenvalue weighted by molar-refractivity contribution is 0.0930. The maximum Gasteiger partial charge on any atom is 0.252 e. The van der Waals surface area contributed by atoms with Gasteiger partial charge in [0, 0.05) is 22.0 Å². The van der Waals surface area contributed by atoms with E-state index in [9.17, 15) is 10.1 Å². The molecule has 0 atom stereocenters. The number of carbonyl (C=O) groups excluding carboxylic acids is 1. The molecule has 6 heteroatoms. The number of fused-ring (bicyclic) bond motifs is 1. The van der Waals surface area contributed by atoms with E-state index in [4.69, 9.17) is 4.74 Å². The van der Waals surface area contributed by atoms with Crippen LogP contribution in [-0.4, -0.2) is 18.0 Å². The number of ether oxygens (including phenoxy) is 1. The normalized spacial score (nSPS) is 14.0. The Hall–Kier alpha value is -3.69. The summed E-state index contributed by atoms with van der Waals surface area (Å²) >= 11 is 1.46. The maximum absolute atomic E-state index is 13.3. The molecule has 2 heterocycles. The second-order valence-corrected chi connectivity index (χ2v) is 9.17. The van der Waals surface area contributed by atoms with E-state index in [1.807, 2.05) is 37.3 Å². The zero-order valence-electron chi connectivity index (χ0n) is 17.8. The average molecular weight is 440 g/mol. The van der Waals surface area contributed by atoms with E-state index < -0.39 is 5.54 Å². The van der Waals surface area contributed by atoms with Crippen LogP contribution in [0, 0.1) is 18.3 Å². The molecule has 1 N–H and O–H groups in total. The van der Waals surface area contributed by atoms with Gasteiger partial charge in [-0.05, 0) is 78.9 Å². The second-order valence-electron chi connectivity index (χ2n) is 8.09. The molecular weight excluding hydrogens is 418 g/mol. The van der Waals surface area contributed by atoms with E-state index in [-0.39, 0.29) is 5.91 Å². The number of thiophene rings is 1. The highest BCUT2D eigenvalue weighted by Crippen LogP contribution is 2.49. The number of methoxy groups -OCH3 is 1. The summed E-state index contributed by atoms with van der Waals surface area (Å²) in [6, 6.07) is 19.7. The van der Waals surface area contributed by atoms with E-state index in [0.717, 1.165) is 45.3 Å². The van der Waals surface area contributed by atoms with Crippen LogP contribution in [0.1, 0.15) is 39.2 Å². The molecule has 1 aliphatic carbocycles. The number of rotatable bonds is 5. The number of nitrogens with zero attached hydrogens (tertiary/aromatic N) is 2. The minimum Gasteiger partial charge on any atom is -0.497 e. The van der Waals surface area contributed by atoms with Crippen molar-refractivity contribution in [1.82, 2.24) is 10.3 Å². The summed E-state index contributed by atoms with van der Waals surface area (Å²) in [6.45, 7) is 1.93. The van der Waals surface area contributed by atoms with Crippen LogP contribution in [0.4, 0.5) is 0 Å². The van der Waals surface area contributed by atoms with Gasteiger partial charge >= 0.3 is 0 Å². The summed E-state index contributed by atoms with van der Waals surface area (Å²) < 4.78 is 5.31. The zero-order valence-corrected chi connectivity index (χ0v) is 18.6. The van der Waals surface area contributed by atoms with Crippen molar-refractivity contribution in [1.29, 1.82) is 5.26 Å². The van der Waals surface area contributed by atoms with E-state index in [1.54, 1.807) is 19.4 Å². The molecular formula is C26H21N3O2S. The number of benzene rings is 2. The monoisotopic (exact) mass is 439 g/mol. The Balaban J connectivity index is 1.58. The van der Waals surface area contributed by atoms with Gasteiger partial charge in [0.25, 0.3) is 5.91 Å². The van der Waals surface area contributed by atoms with Gasteiger partial charge in [0.05, 0.1) is 18.2 Å². The molecule has 0 aliphatic heterocycles. The van der Waals surface area contributed by atoms with Gasteiger partial charge in [0.15, 0.2) is 0 Å². The van der Waals surface area contributed by atoms with Gasteiger partial charge < -0.3 is 10.1 Å². The molecule has 0 bridgehead atoms. The summed E-state index contributed by atoms with van der Waals surface area (Å²) in [4.78, 5) is 19.5. The molecule has 0 unspecified atom stereocenters. The molecule has 0 radical (unpaired) electrons. The van der Waals surface area contributed by atoms with Crippen LogP contribution < -0.4 is 10.1 Å². The molecule has 1 saturated carbocycles. The number of hydrogen-bond acceptors (Lipinski definition) is 5. The summed E-state index contributed by atoms with van der Waals surface area (Å²) in [5.74, 6) is 0.553. The Morgan fingerprint density at radius 1 is 1.19 bits per heavy atom. The molecule has 158 valence electrons. The lowest BCUT2D eigenvalue weighted by Gasteiger charge is -2.22. The first-order valence-corrected chi connectivity index (χ1v) is 11.2. The van der Waals surface area contributed by atoms with Crippen molar-refractivity contribution >= 4 is 28.1 Å². The average Bonchev–Trinajstić information content (AvgIpc) is 3.43. The molecule has 0 saturated heterocycles. The molecule has 32 heavy (non-hydrogen) atoms. The molecule has 5 nitrogen and oxygen atoms in total. The highest BCUT2D eigenvalue weighted by atomic mass is 32.1. The highest BCUT2D eigenvalue weighted by molar-refractivity contribution is 7.16. The first-order chi connectivity index (χ1) is 15.5. The fourth-order valence-electron chi connectivity index (χ4n) is 4.12. The third-order valence-corrected chi connectivity index (χ3v) is 7.07. The Morgan fingerprint density at radius 3 is 2.75 bits per heavy atom. The standard InChI is InChI=1S/C26H21N3O2S/c1-16-5-6-18(31-2)14-21(16)25(30)29-26(9-10-26)22-12-17(24-8-7-19(15-27)32-24)13-23-20(22)4-3-11-28-23/h3-8,11-14H,9-10H2,1-2H3,(H,29,30). The van der Waals surface area contributed by atoms with Crippen molar-refractivity contribution in [3.05, 3.63) is 82.4 Å². The maximum atomic E-state index is 13.3. The highest BCUT2D eigenvalue weighted by Gasteiger charge is 2.47. The molecule has 4 aromatic rings. The Morgan fingerprint density at radius 2 is 2.03 bits per heavy atom. The van der Waals surface area contributed by atoms with Crippen molar-refractivity contribution in [3.63, 3.8) is 0 Å². The van der Waals surface area contributed by atoms with Gasteiger partial charge in [-0.25, -0.2) is 0 Å². The Labute approximate surface area is 190 Å². The molecule has 1 amide bonds. The van der Waals surface area contributed by atoms with Gasteiger partial charge in [-0.3, -0.25) is 9.78 Å². The predicted molar refractivity (Wildman–Crippen MR) is 126 cm³/mol. The van der Waals surface area contributed by atoms with Crippen LogP contribution in [0.25, 0.3) is 21.3 Å². The number of aryl methyl sites for hydroxylation is 1. The summed E-state index contributed by atoms with van der Waals surface area (Å²) in [6.07, 6.45) is 3.51. The molecule has 0 spiro atoms. The van der Waals surface area contributed by atoms with Crippen molar-refractivity contribution in [2.75, 3.05) is 7.11 Å². The SMILES string of the molecule is COc1ccc(C)c(C(=O)NC2(c3cc(-c4ccc(C#N)s4)cc4ncccc34)CC2)c1.